The van der Waals surface area contributed by atoms with E-state index in [1.807, 2.05) is 13.1 Å². The molecule has 2 rings (SSSR count). The summed E-state index contributed by atoms with van der Waals surface area (Å²) in [6.07, 6.45) is 4.07. The highest BCUT2D eigenvalue weighted by Crippen LogP contribution is 2.25. The van der Waals surface area contributed by atoms with E-state index in [0.29, 0.717) is 5.56 Å². The van der Waals surface area contributed by atoms with Crippen molar-refractivity contribution in [3.8, 4) is 6.07 Å². The second-order valence-corrected chi connectivity index (χ2v) is 5.54. The van der Waals surface area contributed by atoms with Crippen molar-refractivity contribution < 1.29 is 0 Å². The van der Waals surface area contributed by atoms with Crippen molar-refractivity contribution in [2.75, 3.05) is 31.6 Å². The van der Waals surface area contributed by atoms with Gasteiger partial charge in [-0.25, -0.2) is 4.98 Å². The van der Waals surface area contributed by atoms with E-state index >= 15 is 0 Å². The van der Waals surface area contributed by atoms with Gasteiger partial charge in [0.25, 0.3) is 0 Å². The van der Waals surface area contributed by atoms with Gasteiger partial charge in [-0.15, -0.1) is 0 Å². The van der Waals surface area contributed by atoms with Crippen molar-refractivity contribution >= 4 is 21.7 Å². The number of pyridine rings is 1. The standard InChI is InChI=1S/C13H17BrN4/c1-16-8-10-2-4-18(5-3-10)13-11(7-15)6-12(14)9-17-13/h6,9-10,16H,2-5,8H2,1H3. The van der Waals surface area contributed by atoms with Crippen LogP contribution in [0.15, 0.2) is 16.7 Å². The number of nitrogens with one attached hydrogen (secondary N) is 1. The molecule has 2 heterocycles. The molecule has 0 aliphatic carbocycles. The maximum atomic E-state index is 9.16. The van der Waals surface area contributed by atoms with Crippen LogP contribution in [0.3, 0.4) is 0 Å². The lowest BCUT2D eigenvalue weighted by molar-refractivity contribution is 0.392. The molecule has 0 atom stereocenters. The average Bonchev–Trinajstić information content (AvgIpc) is 2.40. The molecule has 0 bridgehead atoms. The first kappa shape index (κ1) is 13.3. The molecular formula is C13H17BrN4. The number of piperidine rings is 1. The molecule has 5 heteroatoms. The fraction of sp³-hybridized carbons (Fsp3) is 0.538. The Morgan fingerprint density at radius 2 is 2.28 bits per heavy atom. The average molecular weight is 309 g/mol. The lowest BCUT2D eigenvalue weighted by atomic mass is 9.96. The largest absolute Gasteiger partial charge is 0.356 e. The van der Waals surface area contributed by atoms with Gasteiger partial charge in [0.2, 0.25) is 0 Å². The molecule has 0 spiro atoms. The Morgan fingerprint density at radius 3 is 2.89 bits per heavy atom. The van der Waals surface area contributed by atoms with Gasteiger partial charge in [-0.2, -0.15) is 5.26 Å². The molecule has 4 nitrogen and oxygen atoms in total. The smallest absolute Gasteiger partial charge is 0.146 e. The van der Waals surface area contributed by atoms with Crippen molar-refractivity contribution in [2.24, 2.45) is 5.92 Å². The molecule has 0 amide bonds. The highest BCUT2D eigenvalue weighted by Gasteiger charge is 2.21. The maximum Gasteiger partial charge on any atom is 0.146 e. The monoisotopic (exact) mass is 308 g/mol. The molecule has 0 radical (unpaired) electrons. The van der Waals surface area contributed by atoms with Crippen LogP contribution in [0.2, 0.25) is 0 Å². The normalized spacial score (nSPS) is 16.6. The topological polar surface area (TPSA) is 52.0 Å². The lowest BCUT2D eigenvalue weighted by Gasteiger charge is -2.33. The number of anilines is 1. The Bertz CT molecular complexity index is 447. The van der Waals surface area contributed by atoms with Gasteiger partial charge in [0.05, 0.1) is 5.56 Å². The minimum atomic E-state index is 0.649. The summed E-state index contributed by atoms with van der Waals surface area (Å²) in [6.45, 7) is 3.04. The van der Waals surface area contributed by atoms with Gasteiger partial charge < -0.3 is 10.2 Å². The molecule has 0 unspecified atom stereocenters. The van der Waals surface area contributed by atoms with Crippen molar-refractivity contribution in [3.63, 3.8) is 0 Å². The molecule has 1 aliphatic heterocycles. The molecule has 18 heavy (non-hydrogen) atoms. The summed E-state index contributed by atoms with van der Waals surface area (Å²) in [4.78, 5) is 6.60. The molecule has 1 aromatic rings. The van der Waals surface area contributed by atoms with E-state index in [4.69, 9.17) is 5.26 Å². The third-order valence-electron chi connectivity index (χ3n) is 3.36. The molecule has 1 fully saturated rings. The number of hydrogen-bond acceptors (Lipinski definition) is 4. The van der Waals surface area contributed by atoms with Crippen molar-refractivity contribution in [3.05, 3.63) is 22.3 Å². The van der Waals surface area contributed by atoms with Crippen molar-refractivity contribution in [1.29, 1.82) is 5.26 Å². The summed E-state index contributed by atoms with van der Waals surface area (Å²) in [7, 11) is 2.00. The molecule has 1 aromatic heterocycles. The van der Waals surface area contributed by atoms with E-state index in [1.54, 1.807) is 6.20 Å². The van der Waals surface area contributed by atoms with Gasteiger partial charge in [-0.3, -0.25) is 0 Å². The van der Waals surface area contributed by atoms with Crippen molar-refractivity contribution in [1.82, 2.24) is 10.3 Å². The van der Waals surface area contributed by atoms with Crippen LogP contribution in [0.4, 0.5) is 5.82 Å². The second-order valence-electron chi connectivity index (χ2n) is 4.62. The summed E-state index contributed by atoms with van der Waals surface area (Å²) in [5, 5.41) is 12.4. The molecular weight excluding hydrogens is 292 g/mol. The Labute approximate surface area is 116 Å². The maximum absolute atomic E-state index is 9.16. The van der Waals surface area contributed by atoms with Gasteiger partial charge in [-0.1, -0.05) is 0 Å². The van der Waals surface area contributed by atoms with E-state index < -0.39 is 0 Å². The third-order valence-corrected chi connectivity index (χ3v) is 3.79. The zero-order valence-corrected chi connectivity index (χ0v) is 12.1. The van der Waals surface area contributed by atoms with Crippen LogP contribution >= 0.6 is 15.9 Å². The van der Waals surface area contributed by atoms with Crippen LogP contribution in [-0.4, -0.2) is 31.7 Å². The summed E-state index contributed by atoms with van der Waals surface area (Å²) < 4.78 is 0.855. The van der Waals surface area contributed by atoms with Crippen LogP contribution in [0.5, 0.6) is 0 Å². The second kappa shape index (κ2) is 6.17. The van der Waals surface area contributed by atoms with Gasteiger partial charge in [0.15, 0.2) is 0 Å². The highest BCUT2D eigenvalue weighted by atomic mass is 79.9. The molecule has 0 aromatic carbocycles. The van der Waals surface area contributed by atoms with Crippen LogP contribution in [0.1, 0.15) is 18.4 Å². The fourth-order valence-corrected chi connectivity index (χ4v) is 2.74. The number of nitrogens with zero attached hydrogens (tertiary/aromatic N) is 3. The lowest BCUT2D eigenvalue weighted by Crippen LogP contribution is -2.37. The fourth-order valence-electron chi connectivity index (χ4n) is 2.40. The Balaban J connectivity index is 2.08. The van der Waals surface area contributed by atoms with Crippen LogP contribution in [0, 0.1) is 17.2 Å². The number of nitriles is 1. The Hall–Kier alpha value is -1.12. The van der Waals surface area contributed by atoms with E-state index in [9.17, 15) is 0 Å². The molecule has 1 aliphatic rings. The van der Waals surface area contributed by atoms with Crippen LogP contribution < -0.4 is 10.2 Å². The number of hydrogen-bond donors (Lipinski definition) is 1. The summed E-state index contributed by atoms with van der Waals surface area (Å²) in [5.74, 6) is 1.57. The van der Waals surface area contributed by atoms with Crippen molar-refractivity contribution in [2.45, 2.75) is 12.8 Å². The predicted octanol–water partition coefficient (Wildman–Crippen LogP) is 2.15. The number of rotatable bonds is 3. The van der Waals surface area contributed by atoms with Gasteiger partial charge in [0, 0.05) is 23.8 Å². The third kappa shape index (κ3) is 3.01. The Morgan fingerprint density at radius 1 is 1.56 bits per heavy atom. The number of halogens is 1. The summed E-state index contributed by atoms with van der Waals surface area (Å²) in [6, 6.07) is 4.06. The van der Waals surface area contributed by atoms with Gasteiger partial charge in [-0.05, 0) is 54.3 Å². The molecule has 96 valence electrons. The van der Waals surface area contributed by atoms with E-state index in [0.717, 1.165) is 48.7 Å². The summed E-state index contributed by atoms with van der Waals surface area (Å²) >= 11 is 3.35. The van der Waals surface area contributed by atoms with Gasteiger partial charge >= 0.3 is 0 Å². The SMILES string of the molecule is CNCC1CCN(c2ncc(Br)cc2C#N)CC1. The van der Waals surface area contributed by atoms with E-state index in [2.05, 4.69) is 37.2 Å². The number of aromatic nitrogens is 1. The molecule has 1 N–H and O–H groups in total. The molecule has 0 saturated carbocycles. The molecule has 1 saturated heterocycles. The highest BCUT2D eigenvalue weighted by molar-refractivity contribution is 9.10. The van der Waals surface area contributed by atoms with Crippen LogP contribution in [-0.2, 0) is 0 Å². The first-order chi connectivity index (χ1) is 8.74. The van der Waals surface area contributed by atoms with E-state index in [-0.39, 0.29) is 0 Å². The minimum absolute atomic E-state index is 0.649. The van der Waals surface area contributed by atoms with Crippen LogP contribution in [0.25, 0.3) is 0 Å². The first-order valence-corrected chi connectivity index (χ1v) is 6.99. The first-order valence-electron chi connectivity index (χ1n) is 6.19. The summed E-state index contributed by atoms with van der Waals surface area (Å²) in [5.41, 5.74) is 0.649. The quantitative estimate of drug-likeness (QED) is 0.929. The predicted molar refractivity (Wildman–Crippen MR) is 75.5 cm³/mol. The minimum Gasteiger partial charge on any atom is -0.356 e. The van der Waals surface area contributed by atoms with E-state index in [1.165, 1.54) is 0 Å². The zero-order valence-electron chi connectivity index (χ0n) is 10.5. The Kier molecular flexibility index (Phi) is 4.56. The van der Waals surface area contributed by atoms with Gasteiger partial charge in [0.1, 0.15) is 11.9 Å². The zero-order chi connectivity index (χ0) is 13.0.